The monoisotopic (exact) mass is 1150 g/mol. The molecule has 474 valence electrons. The molecule has 83 heavy (non-hydrogen) atoms. The molecule has 0 saturated carbocycles. The highest BCUT2D eigenvalue weighted by atomic mass is 16.6. The molecule has 0 radical (unpaired) electrons. The van der Waals surface area contributed by atoms with E-state index in [4.69, 9.17) is 14.2 Å². The molecule has 0 aromatic rings. The lowest BCUT2D eigenvalue weighted by Crippen LogP contribution is -2.30. The first-order valence-electron chi connectivity index (χ1n) is 35.0. The number of hydrogen-bond donors (Lipinski definition) is 0. The topological polar surface area (TPSA) is 78.9 Å². The van der Waals surface area contributed by atoms with Gasteiger partial charge in [-0.3, -0.25) is 14.4 Å². The predicted molar refractivity (Wildman–Crippen MR) is 362 cm³/mol. The van der Waals surface area contributed by atoms with Gasteiger partial charge in [0.25, 0.3) is 0 Å². The smallest absolute Gasteiger partial charge is 0.306 e. The van der Waals surface area contributed by atoms with Gasteiger partial charge in [0.2, 0.25) is 0 Å². The first-order chi connectivity index (χ1) is 41.0. The second-order valence-electron chi connectivity index (χ2n) is 23.0. The summed E-state index contributed by atoms with van der Waals surface area (Å²) in [4.78, 5) is 38.4. The normalized spacial score (nSPS) is 12.9. The fraction of sp³-hybridized carbons (Fsp3) is 0.701. The van der Waals surface area contributed by atoms with E-state index in [1.807, 2.05) is 0 Å². The average molecular weight is 1150 g/mol. The Morgan fingerprint density at radius 3 is 0.759 bits per heavy atom. The van der Waals surface area contributed by atoms with E-state index in [0.717, 1.165) is 116 Å². The summed E-state index contributed by atoms with van der Waals surface area (Å²) >= 11 is 0. The van der Waals surface area contributed by atoms with Crippen molar-refractivity contribution >= 4 is 17.9 Å². The van der Waals surface area contributed by atoms with E-state index in [2.05, 4.69) is 142 Å². The molecule has 0 aromatic carbocycles. The van der Waals surface area contributed by atoms with Gasteiger partial charge in [-0.25, -0.2) is 0 Å². The lowest BCUT2D eigenvalue weighted by molar-refractivity contribution is -0.167. The van der Waals surface area contributed by atoms with Crippen molar-refractivity contribution in [1.29, 1.82) is 0 Å². The summed E-state index contributed by atoms with van der Waals surface area (Å²) in [6, 6.07) is 0. The summed E-state index contributed by atoms with van der Waals surface area (Å²) < 4.78 is 16.9. The number of carbonyl (C=O) groups excluding carboxylic acids is 3. The fourth-order valence-electron chi connectivity index (χ4n) is 9.75. The van der Waals surface area contributed by atoms with Crippen LogP contribution in [0, 0.1) is 0 Å². The van der Waals surface area contributed by atoms with E-state index in [9.17, 15) is 14.4 Å². The molecule has 0 amide bonds. The summed E-state index contributed by atoms with van der Waals surface area (Å²) in [6.45, 7) is 6.40. The minimum atomic E-state index is -0.801. The molecule has 0 heterocycles. The second kappa shape index (κ2) is 70.3. The zero-order valence-corrected chi connectivity index (χ0v) is 54.4. The Balaban J connectivity index is 4.34. The van der Waals surface area contributed by atoms with Crippen molar-refractivity contribution in [2.24, 2.45) is 0 Å². The molecule has 0 aliphatic rings. The Bertz CT molecular complexity index is 1700. The summed E-state index contributed by atoms with van der Waals surface area (Å²) in [6.07, 6.45) is 98.0. The molecule has 0 N–H and O–H groups in total. The van der Waals surface area contributed by atoms with Crippen LogP contribution < -0.4 is 0 Å². The van der Waals surface area contributed by atoms with Crippen LogP contribution in [0.1, 0.15) is 329 Å². The first-order valence-corrected chi connectivity index (χ1v) is 35.0. The number of hydrogen-bond acceptors (Lipinski definition) is 6. The van der Waals surface area contributed by atoms with Crippen LogP contribution in [0.2, 0.25) is 0 Å². The molecule has 0 spiro atoms. The van der Waals surface area contributed by atoms with Crippen molar-refractivity contribution in [3.8, 4) is 0 Å². The van der Waals surface area contributed by atoms with Crippen LogP contribution in [-0.4, -0.2) is 37.2 Å². The lowest BCUT2D eigenvalue weighted by Gasteiger charge is -2.18. The molecule has 0 aromatic heterocycles. The summed E-state index contributed by atoms with van der Waals surface area (Å²) in [7, 11) is 0. The van der Waals surface area contributed by atoms with Gasteiger partial charge in [-0.1, -0.05) is 303 Å². The van der Waals surface area contributed by atoms with Crippen LogP contribution in [0.15, 0.2) is 122 Å². The van der Waals surface area contributed by atoms with E-state index in [0.29, 0.717) is 19.3 Å². The van der Waals surface area contributed by atoms with Crippen molar-refractivity contribution in [2.75, 3.05) is 13.2 Å². The van der Waals surface area contributed by atoms with Crippen molar-refractivity contribution in [2.45, 2.75) is 335 Å². The van der Waals surface area contributed by atoms with E-state index >= 15 is 0 Å². The van der Waals surface area contributed by atoms with E-state index in [1.54, 1.807) is 0 Å². The molecule has 6 nitrogen and oxygen atoms in total. The molecule has 1 atom stereocenters. The lowest BCUT2D eigenvalue weighted by atomic mass is 10.0. The molecule has 6 heteroatoms. The Kier molecular flexibility index (Phi) is 66.7. The number of allylic oxidation sites excluding steroid dienone is 20. The quantitative estimate of drug-likeness (QED) is 0.0261. The molecule has 0 aliphatic carbocycles. The molecular formula is C77H130O6. The van der Waals surface area contributed by atoms with Crippen LogP contribution in [0.4, 0.5) is 0 Å². The van der Waals surface area contributed by atoms with Gasteiger partial charge < -0.3 is 14.2 Å². The summed E-state index contributed by atoms with van der Waals surface area (Å²) in [5, 5.41) is 0. The van der Waals surface area contributed by atoms with Gasteiger partial charge in [0.15, 0.2) is 6.10 Å². The van der Waals surface area contributed by atoms with Crippen molar-refractivity contribution < 1.29 is 28.6 Å². The molecule has 0 aliphatic heterocycles. The zero-order valence-electron chi connectivity index (χ0n) is 54.4. The summed E-state index contributed by atoms with van der Waals surface area (Å²) in [5.74, 6) is -0.928. The third-order valence-electron chi connectivity index (χ3n) is 14.9. The maximum Gasteiger partial charge on any atom is 0.306 e. The van der Waals surface area contributed by atoms with Gasteiger partial charge in [0.1, 0.15) is 13.2 Å². The van der Waals surface area contributed by atoms with E-state index < -0.39 is 6.10 Å². The molecule has 1 unspecified atom stereocenters. The van der Waals surface area contributed by atoms with Crippen molar-refractivity contribution in [1.82, 2.24) is 0 Å². The minimum absolute atomic E-state index is 0.0926. The van der Waals surface area contributed by atoms with Gasteiger partial charge in [-0.2, -0.15) is 0 Å². The highest BCUT2D eigenvalue weighted by molar-refractivity contribution is 5.71. The van der Waals surface area contributed by atoms with Crippen LogP contribution in [0.5, 0.6) is 0 Å². The van der Waals surface area contributed by atoms with Gasteiger partial charge in [-0.15, -0.1) is 0 Å². The van der Waals surface area contributed by atoms with Crippen LogP contribution in [-0.2, 0) is 28.6 Å². The molecular weight excluding hydrogens is 1020 g/mol. The highest BCUT2D eigenvalue weighted by Crippen LogP contribution is 2.17. The van der Waals surface area contributed by atoms with E-state index in [1.165, 1.54) is 173 Å². The number of carbonyl (C=O) groups is 3. The highest BCUT2D eigenvalue weighted by Gasteiger charge is 2.19. The number of ether oxygens (including phenoxy) is 3. The van der Waals surface area contributed by atoms with Crippen LogP contribution in [0.25, 0.3) is 0 Å². The largest absolute Gasteiger partial charge is 0.462 e. The maximum absolute atomic E-state index is 13.0. The van der Waals surface area contributed by atoms with Gasteiger partial charge in [0.05, 0.1) is 0 Å². The average Bonchev–Trinajstić information content (AvgIpc) is 3.49. The summed E-state index contributed by atoms with van der Waals surface area (Å²) in [5.41, 5.74) is 0. The Labute approximate surface area is 513 Å². The standard InChI is InChI=1S/C77H130O6/c1-4-7-10-13-16-19-22-25-28-30-32-34-36-37-38-39-41-42-44-46-49-52-55-58-61-64-67-70-76(79)82-73-74(72-81-75(78)69-66-63-60-57-54-51-48-27-24-21-18-15-12-9-6-3)83-77(80)71-68-65-62-59-56-53-50-47-45-43-40-35-33-31-29-26-23-20-17-14-11-8-5-2/h7,9-10,12,16,18-19,21,23,25-28,31-34,48,54,57,74H,4-6,8,11,13-15,17,20,22,24,29-30,35-47,49-53,55-56,58-73H2,1-3H3/b10-7-,12-9-,19-16-,21-18-,26-23-,28-25-,33-31-,34-32-,48-27-,57-54-. The Hall–Kier alpha value is -4.19. The number of esters is 3. The maximum atomic E-state index is 13.0. The molecule has 0 rings (SSSR count). The second-order valence-corrected chi connectivity index (χ2v) is 23.0. The molecule has 0 bridgehead atoms. The van der Waals surface area contributed by atoms with Crippen LogP contribution >= 0.6 is 0 Å². The predicted octanol–water partition coefficient (Wildman–Crippen LogP) is 24.3. The minimum Gasteiger partial charge on any atom is -0.462 e. The fourth-order valence-corrected chi connectivity index (χ4v) is 9.75. The van der Waals surface area contributed by atoms with Crippen molar-refractivity contribution in [3.63, 3.8) is 0 Å². The SMILES string of the molecule is CC/C=C\C/C=C\C/C=C\C/C=C\CCCCCCCCCCCCCCCCC(=O)OCC(COC(=O)CCCC/C=C\C/C=C\C/C=C\C/C=C\CC)OC(=O)CCCCCCCCCCCCC/C=C\C/C=C\CCCCCCC. The van der Waals surface area contributed by atoms with Crippen LogP contribution in [0.3, 0.4) is 0 Å². The first kappa shape index (κ1) is 78.8. The van der Waals surface area contributed by atoms with Gasteiger partial charge >= 0.3 is 17.9 Å². The number of unbranched alkanes of at least 4 members (excludes halogenated alkanes) is 32. The third-order valence-corrected chi connectivity index (χ3v) is 14.9. The van der Waals surface area contributed by atoms with Gasteiger partial charge in [0, 0.05) is 19.3 Å². The van der Waals surface area contributed by atoms with Crippen molar-refractivity contribution in [3.05, 3.63) is 122 Å². The third kappa shape index (κ3) is 68.5. The van der Waals surface area contributed by atoms with E-state index in [-0.39, 0.29) is 31.1 Å². The Morgan fingerprint density at radius 2 is 0.470 bits per heavy atom. The Morgan fingerprint density at radius 1 is 0.253 bits per heavy atom. The molecule has 0 saturated heterocycles. The zero-order chi connectivity index (χ0) is 59.9. The molecule has 0 fully saturated rings. The number of rotatable bonds is 63. The van der Waals surface area contributed by atoms with Gasteiger partial charge in [-0.05, 0) is 128 Å².